The van der Waals surface area contributed by atoms with Crippen LogP contribution in [0.4, 0.5) is 5.82 Å². The van der Waals surface area contributed by atoms with E-state index >= 15 is 0 Å². The van der Waals surface area contributed by atoms with E-state index in [0.29, 0.717) is 0 Å². The highest BCUT2D eigenvalue weighted by Gasteiger charge is 2.13. The quantitative estimate of drug-likeness (QED) is 0.446. The molecular formula is C5H8N4O2. The second kappa shape index (κ2) is 2.57. The standard InChI is InChI=1S/C5H8N4O2/c1-7(2)8-4-6-3-5(8)9(10)11/h3-4H,1-2H3. The molecule has 1 aromatic heterocycles. The van der Waals surface area contributed by atoms with Crippen molar-refractivity contribution in [3.8, 4) is 0 Å². The molecule has 6 heteroatoms. The zero-order chi connectivity index (χ0) is 8.43. The normalized spacial score (nSPS) is 9.64. The van der Waals surface area contributed by atoms with Crippen LogP contribution >= 0.6 is 0 Å². The molecule has 0 aromatic carbocycles. The minimum atomic E-state index is -0.479. The molecule has 0 bridgehead atoms. The molecule has 11 heavy (non-hydrogen) atoms. The number of aromatic nitrogens is 2. The van der Waals surface area contributed by atoms with Crippen LogP contribution in [0.5, 0.6) is 0 Å². The summed E-state index contributed by atoms with van der Waals surface area (Å²) < 4.78 is 1.35. The van der Waals surface area contributed by atoms with Gasteiger partial charge in [-0.1, -0.05) is 0 Å². The average molecular weight is 156 g/mol. The molecule has 1 heterocycles. The molecule has 0 aliphatic heterocycles. The Morgan fingerprint density at radius 2 is 2.36 bits per heavy atom. The van der Waals surface area contributed by atoms with E-state index in [2.05, 4.69) is 4.98 Å². The highest BCUT2D eigenvalue weighted by Crippen LogP contribution is 2.07. The van der Waals surface area contributed by atoms with Gasteiger partial charge in [0.25, 0.3) is 0 Å². The van der Waals surface area contributed by atoms with Crippen LogP contribution in [-0.2, 0) is 0 Å². The van der Waals surface area contributed by atoms with Crippen molar-refractivity contribution in [2.45, 2.75) is 0 Å². The molecular weight excluding hydrogens is 148 g/mol. The third-order valence-corrected chi connectivity index (χ3v) is 1.22. The third-order valence-electron chi connectivity index (χ3n) is 1.22. The second-order valence-electron chi connectivity index (χ2n) is 2.20. The SMILES string of the molecule is CN(C)n1cncc1[N+](=O)[O-]. The van der Waals surface area contributed by atoms with Crippen molar-refractivity contribution < 1.29 is 4.92 Å². The Kier molecular flexibility index (Phi) is 1.75. The summed E-state index contributed by atoms with van der Waals surface area (Å²) in [5, 5.41) is 11.9. The second-order valence-corrected chi connectivity index (χ2v) is 2.20. The molecule has 0 spiro atoms. The van der Waals surface area contributed by atoms with Crippen molar-refractivity contribution in [3.63, 3.8) is 0 Å². The molecule has 1 rings (SSSR count). The summed E-state index contributed by atoms with van der Waals surface area (Å²) in [7, 11) is 3.41. The third kappa shape index (κ3) is 1.28. The zero-order valence-electron chi connectivity index (χ0n) is 6.26. The summed E-state index contributed by atoms with van der Waals surface area (Å²) in [6, 6.07) is 0. The Morgan fingerprint density at radius 1 is 1.73 bits per heavy atom. The van der Waals surface area contributed by atoms with Crippen molar-refractivity contribution in [1.29, 1.82) is 0 Å². The highest BCUT2D eigenvalue weighted by molar-refractivity contribution is 5.16. The molecule has 1 aromatic rings. The minimum Gasteiger partial charge on any atom is -0.358 e. The predicted octanol–water partition coefficient (Wildman–Crippen LogP) is -0.0111. The number of nitro groups is 1. The lowest BCUT2D eigenvalue weighted by Gasteiger charge is -2.07. The maximum Gasteiger partial charge on any atom is 0.366 e. The highest BCUT2D eigenvalue weighted by atomic mass is 16.6. The van der Waals surface area contributed by atoms with Crippen LogP contribution in [0.15, 0.2) is 12.5 Å². The summed E-state index contributed by atoms with van der Waals surface area (Å²) in [6.45, 7) is 0. The van der Waals surface area contributed by atoms with Crippen LogP contribution in [0, 0.1) is 10.1 Å². The lowest BCUT2D eigenvalue weighted by molar-refractivity contribution is -0.392. The summed E-state index contributed by atoms with van der Waals surface area (Å²) in [5.41, 5.74) is 0. The van der Waals surface area contributed by atoms with Crippen molar-refractivity contribution in [3.05, 3.63) is 22.6 Å². The molecule has 60 valence electrons. The molecule has 0 aliphatic rings. The maximum atomic E-state index is 10.3. The van der Waals surface area contributed by atoms with Crippen molar-refractivity contribution >= 4 is 5.82 Å². The molecule has 0 amide bonds. The first-order valence-electron chi connectivity index (χ1n) is 2.97. The van der Waals surface area contributed by atoms with Gasteiger partial charge in [0.05, 0.1) is 0 Å². The Bertz CT molecular complexity index is 267. The van der Waals surface area contributed by atoms with Crippen LogP contribution in [0.25, 0.3) is 0 Å². The molecule has 6 nitrogen and oxygen atoms in total. The van der Waals surface area contributed by atoms with Gasteiger partial charge in [0.15, 0.2) is 0 Å². The Labute approximate surface area is 63.2 Å². The Morgan fingerprint density at radius 3 is 2.73 bits per heavy atom. The van der Waals surface area contributed by atoms with Gasteiger partial charge in [0, 0.05) is 14.1 Å². The lowest BCUT2D eigenvalue weighted by atomic mass is 10.8. The van der Waals surface area contributed by atoms with Gasteiger partial charge >= 0.3 is 5.82 Å². The van der Waals surface area contributed by atoms with Gasteiger partial charge in [0.2, 0.25) is 6.33 Å². The summed E-state index contributed by atoms with van der Waals surface area (Å²) in [4.78, 5) is 13.5. The predicted molar refractivity (Wildman–Crippen MR) is 38.9 cm³/mol. The van der Waals surface area contributed by atoms with Crippen molar-refractivity contribution in [1.82, 2.24) is 9.66 Å². The van der Waals surface area contributed by atoms with E-state index in [1.54, 1.807) is 19.1 Å². The van der Waals surface area contributed by atoms with Gasteiger partial charge < -0.3 is 10.1 Å². The Hall–Kier alpha value is -1.59. The molecule has 0 unspecified atom stereocenters. The molecule has 0 fully saturated rings. The van der Waals surface area contributed by atoms with Crippen LogP contribution in [0.1, 0.15) is 0 Å². The van der Waals surface area contributed by atoms with Gasteiger partial charge in [-0.05, 0) is 4.92 Å². The number of hydrogen-bond donors (Lipinski definition) is 0. The van der Waals surface area contributed by atoms with Crippen molar-refractivity contribution in [2.75, 3.05) is 19.1 Å². The monoisotopic (exact) mass is 156 g/mol. The molecule has 0 atom stereocenters. The van der Waals surface area contributed by atoms with E-state index in [1.165, 1.54) is 17.2 Å². The number of rotatable bonds is 2. The van der Waals surface area contributed by atoms with Gasteiger partial charge in [-0.2, -0.15) is 0 Å². The zero-order valence-corrected chi connectivity index (χ0v) is 6.26. The van der Waals surface area contributed by atoms with E-state index in [-0.39, 0.29) is 5.82 Å². The average Bonchev–Trinajstić information content (AvgIpc) is 2.32. The van der Waals surface area contributed by atoms with Gasteiger partial charge in [-0.25, -0.2) is 9.99 Å². The van der Waals surface area contributed by atoms with E-state index < -0.39 is 4.92 Å². The van der Waals surface area contributed by atoms with E-state index in [4.69, 9.17) is 0 Å². The van der Waals surface area contributed by atoms with E-state index in [0.717, 1.165) is 0 Å². The smallest absolute Gasteiger partial charge is 0.358 e. The van der Waals surface area contributed by atoms with E-state index in [1.807, 2.05) is 0 Å². The van der Waals surface area contributed by atoms with Crippen LogP contribution in [0.3, 0.4) is 0 Å². The van der Waals surface area contributed by atoms with Crippen molar-refractivity contribution in [2.24, 2.45) is 0 Å². The molecule has 0 saturated heterocycles. The Balaban J connectivity index is 3.06. The van der Waals surface area contributed by atoms with Gasteiger partial charge in [-0.15, -0.1) is 4.68 Å². The minimum absolute atomic E-state index is 0.0324. The fourth-order valence-corrected chi connectivity index (χ4v) is 0.720. The molecule has 0 saturated carbocycles. The number of nitrogens with zero attached hydrogens (tertiary/aromatic N) is 4. The lowest BCUT2D eigenvalue weighted by Crippen LogP contribution is -2.24. The summed E-state index contributed by atoms with van der Waals surface area (Å²) in [6.07, 6.45) is 2.60. The van der Waals surface area contributed by atoms with Gasteiger partial charge in [0.1, 0.15) is 6.20 Å². The largest absolute Gasteiger partial charge is 0.366 e. The first-order chi connectivity index (χ1) is 5.13. The molecule has 0 aliphatic carbocycles. The van der Waals surface area contributed by atoms with Gasteiger partial charge in [-0.3, -0.25) is 0 Å². The number of hydrogen-bond acceptors (Lipinski definition) is 4. The molecule has 0 N–H and O–H groups in total. The molecule has 0 radical (unpaired) electrons. The summed E-state index contributed by atoms with van der Waals surface area (Å²) >= 11 is 0. The van der Waals surface area contributed by atoms with Crippen LogP contribution in [-0.4, -0.2) is 28.7 Å². The topological polar surface area (TPSA) is 64.2 Å². The number of imidazole rings is 1. The maximum absolute atomic E-state index is 10.3. The summed E-state index contributed by atoms with van der Waals surface area (Å²) in [5.74, 6) is -0.0324. The first kappa shape index (κ1) is 7.52. The van der Waals surface area contributed by atoms with E-state index in [9.17, 15) is 10.1 Å². The fraction of sp³-hybridized carbons (Fsp3) is 0.400. The van der Waals surface area contributed by atoms with Crippen LogP contribution < -0.4 is 5.01 Å². The fourth-order valence-electron chi connectivity index (χ4n) is 0.720. The first-order valence-corrected chi connectivity index (χ1v) is 2.97. The van der Waals surface area contributed by atoms with Crippen LogP contribution in [0.2, 0.25) is 0 Å².